The highest BCUT2D eigenvalue weighted by molar-refractivity contribution is 5.84. The van der Waals surface area contributed by atoms with E-state index in [1.807, 2.05) is 13.8 Å². The number of hydrogen-bond donors (Lipinski definition) is 0. The van der Waals surface area contributed by atoms with Gasteiger partial charge in [-0.2, -0.15) is 0 Å². The van der Waals surface area contributed by atoms with Crippen LogP contribution in [0.15, 0.2) is 12.3 Å². The third kappa shape index (κ3) is 3.70. The van der Waals surface area contributed by atoms with Crippen LogP contribution in [0.2, 0.25) is 0 Å². The van der Waals surface area contributed by atoms with Gasteiger partial charge in [-0.15, -0.1) is 0 Å². The van der Waals surface area contributed by atoms with Crippen LogP contribution in [0.3, 0.4) is 0 Å². The van der Waals surface area contributed by atoms with E-state index in [0.29, 0.717) is 0 Å². The first kappa shape index (κ1) is 10.6. The maximum absolute atomic E-state index is 10.7. The Labute approximate surface area is 70.2 Å². The molecule has 0 aliphatic carbocycles. The van der Waals surface area contributed by atoms with Gasteiger partial charge in [0.05, 0.1) is 11.5 Å². The summed E-state index contributed by atoms with van der Waals surface area (Å²) in [6.07, 6.45) is 0. The predicted octanol–water partition coefficient (Wildman–Crippen LogP) is 0.976. The molecule has 0 aliphatic rings. The fourth-order valence-corrected chi connectivity index (χ4v) is 0.400. The van der Waals surface area contributed by atoms with E-state index < -0.39 is 16.6 Å². The molecule has 0 saturated carbocycles. The third-order valence-corrected chi connectivity index (χ3v) is 1.00. The van der Waals surface area contributed by atoms with Gasteiger partial charge >= 0.3 is 11.7 Å². The van der Waals surface area contributed by atoms with E-state index >= 15 is 0 Å². The minimum Gasteiger partial charge on any atom is -0.457 e. The van der Waals surface area contributed by atoms with Gasteiger partial charge in [0, 0.05) is 0 Å². The first-order valence-electron chi connectivity index (χ1n) is 3.45. The topological polar surface area (TPSA) is 69.4 Å². The lowest BCUT2D eigenvalue weighted by atomic mass is 10.2. The van der Waals surface area contributed by atoms with Gasteiger partial charge < -0.3 is 4.74 Å². The first-order chi connectivity index (χ1) is 5.45. The molecule has 0 bridgehead atoms. The molecule has 0 saturated heterocycles. The van der Waals surface area contributed by atoms with Crippen molar-refractivity contribution in [3.63, 3.8) is 0 Å². The summed E-state index contributed by atoms with van der Waals surface area (Å²) in [6.45, 7) is 6.80. The van der Waals surface area contributed by atoms with Gasteiger partial charge in [0.25, 0.3) is 0 Å². The third-order valence-electron chi connectivity index (χ3n) is 1.00. The van der Waals surface area contributed by atoms with Crippen LogP contribution < -0.4 is 0 Å². The number of carbonyl (C=O) groups is 1. The molecule has 0 amide bonds. The zero-order valence-corrected chi connectivity index (χ0v) is 7.07. The van der Waals surface area contributed by atoms with Gasteiger partial charge in [-0.25, -0.2) is 4.79 Å². The van der Waals surface area contributed by atoms with Crippen molar-refractivity contribution in [1.29, 1.82) is 0 Å². The Hall–Kier alpha value is -1.39. The molecule has 0 aromatic carbocycles. The second-order valence-electron chi connectivity index (χ2n) is 2.70. The number of rotatable bonds is 4. The van der Waals surface area contributed by atoms with E-state index in [2.05, 4.69) is 11.3 Å². The van der Waals surface area contributed by atoms with Crippen LogP contribution in [-0.4, -0.2) is 17.5 Å². The summed E-state index contributed by atoms with van der Waals surface area (Å²) in [5.41, 5.74) is -0.726. The quantitative estimate of drug-likeness (QED) is 0.275. The van der Waals surface area contributed by atoms with Crippen molar-refractivity contribution in [2.45, 2.75) is 13.8 Å². The summed E-state index contributed by atoms with van der Waals surface area (Å²) in [4.78, 5) is 19.9. The Bertz CT molecular complexity index is 209. The molecule has 0 aliphatic heterocycles. The molecule has 0 fully saturated rings. The van der Waals surface area contributed by atoms with Crippen molar-refractivity contribution in [3.05, 3.63) is 22.4 Å². The molecule has 0 rings (SSSR count). The fourth-order valence-electron chi connectivity index (χ4n) is 0.400. The van der Waals surface area contributed by atoms with E-state index in [1.54, 1.807) is 0 Å². The Morgan fingerprint density at radius 3 is 2.50 bits per heavy atom. The largest absolute Gasteiger partial charge is 0.457 e. The molecule has 68 valence electrons. The minimum atomic E-state index is -0.964. The van der Waals surface area contributed by atoms with Crippen molar-refractivity contribution in [1.82, 2.24) is 0 Å². The van der Waals surface area contributed by atoms with Crippen molar-refractivity contribution in [3.8, 4) is 0 Å². The summed E-state index contributed by atoms with van der Waals surface area (Å²) < 4.78 is 4.55. The van der Waals surface area contributed by atoms with E-state index in [-0.39, 0.29) is 12.5 Å². The molecule has 5 heteroatoms. The van der Waals surface area contributed by atoms with E-state index in [4.69, 9.17) is 0 Å². The molecule has 0 radical (unpaired) electrons. The zero-order chi connectivity index (χ0) is 9.72. The second-order valence-corrected chi connectivity index (χ2v) is 2.70. The molecule has 0 N–H and O–H groups in total. The number of hydrogen-bond acceptors (Lipinski definition) is 4. The number of esters is 1. The maximum atomic E-state index is 10.7. The monoisotopic (exact) mass is 173 g/mol. The zero-order valence-electron chi connectivity index (χ0n) is 7.07. The van der Waals surface area contributed by atoms with Crippen molar-refractivity contribution < 1.29 is 14.5 Å². The van der Waals surface area contributed by atoms with Gasteiger partial charge in [0.15, 0.2) is 0 Å². The molecular weight excluding hydrogens is 162 g/mol. The maximum Gasteiger partial charge on any atom is 0.409 e. The summed E-state index contributed by atoms with van der Waals surface area (Å²) >= 11 is 0. The molecule has 0 aromatic heterocycles. The Balaban J connectivity index is 3.89. The summed E-state index contributed by atoms with van der Waals surface area (Å²) in [7, 11) is 0. The van der Waals surface area contributed by atoms with Gasteiger partial charge in [-0.1, -0.05) is 13.8 Å². The molecule has 12 heavy (non-hydrogen) atoms. The highest BCUT2D eigenvalue weighted by Gasteiger charge is 2.20. The molecule has 0 aromatic rings. The number of ether oxygens (including phenoxy) is 1. The molecule has 5 nitrogen and oxygen atoms in total. The van der Waals surface area contributed by atoms with Gasteiger partial charge in [0.2, 0.25) is 0 Å². The number of nitro groups is 1. The standard InChI is InChI=1S/C7H11NO4/c1-5(2)4-12-7(9)6(3)8(10)11/h5H,3-4H2,1-2H3. The van der Waals surface area contributed by atoms with Crippen molar-refractivity contribution in [2.24, 2.45) is 5.92 Å². The van der Waals surface area contributed by atoms with Gasteiger partial charge in [0.1, 0.15) is 0 Å². The average molecular weight is 173 g/mol. The van der Waals surface area contributed by atoms with Crippen LogP contribution in [0.25, 0.3) is 0 Å². The number of nitrogens with zero attached hydrogens (tertiary/aromatic N) is 1. The summed E-state index contributed by atoms with van der Waals surface area (Å²) in [6, 6.07) is 0. The lowest BCUT2D eigenvalue weighted by Crippen LogP contribution is -2.16. The Morgan fingerprint density at radius 2 is 2.17 bits per heavy atom. The summed E-state index contributed by atoms with van der Waals surface area (Å²) in [5.74, 6) is -0.804. The molecule has 0 atom stereocenters. The fraction of sp³-hybridized carbons (Fsp3) is 0.571. The van der Waals surface area contributed by atoms with Gasteiger partial charge in [-0.3, -0.25) is 10.1 Å². The minimum absolute atomic E-state index is 0.161. The van der Waals surface area contributed by atoms with Crippen LogP contribution >= 0.6 is 0 Å². The highest BCUT2D eigenvalue weighted by atomic mass is 16.6. The predicted molar refractivity (Wildman–Crippen MR) is 41.9 cm³/mol. The Morgan fingerprint density at radius 1 is 1.67 bits per heavy atom. The summed E-state index contributed by atoms with van der Waals surface area (Å²) in [5, 5.41) is 9.99. The highest BCUT2D eigenvalue weighted by Crippen LogP contribution is 1.98. The average Bonchev–Trinajstić information content (AvgIpc) is 1.98. The van der Waals surface area contributed by atoms with Crippen molar-refractivity contribution in [2.75, 3.05) is 6.61 Å². The first-order valence-corrected chi connectivity index (χ1v) is 3.45. The van der Waals surface area contributed by atoms with E-state index in [9.17, 15) is 14.9 Å². The lowest BCUT2D eigenvalue weighted by Gasteiger charge is -2.04. The molecule has 0 unspecified atom stereocenters. The molecule has 0 spiro atoms. The smallest absolute Gasteiger partial charge is 0.409 e. The number of carbonyl (C=O) groups excluding carboxylic acids is 1. The SMILES string of the molecule is C=C(C(=O)OCC(C)C)[N+](=O)[O-]. The second kappa shape index (κ2) is 4.48. The lowest BCUT2D eigenvalue weighted by molar-refractivity contribution is -0.420. The van der Waals surface area contributed by atoms with E-state index in [1.165, 1.54) is 0 Å². The van der Waals surface area contributed by atoms with Crippen LogP contribution in [-0.2, 0) is 9.53 Å². The van der Waals surface area contributed by atoms with E-state index in [0.717, 1.165) is 0 Å². The van der Waals surface area contributed by atoms with Crippen LogP contribution in [0.1, 0.15) is 13.8 Å². The molecule has 0 heterocycles. The normalized spacial score (nSPS) is 9.58. The van der Waals surface area contributed by atoms with Crippen LogP contribution in [0.4, 0.5) is 0 Å². The Kier molecular flexibility index (Phi) is 3.96. The van der Waals surface area contributed by atoms with Gasteiger partial charge in [-0.05, 0) is 12.5 Å². The van der Waals surface area contributed by atoms with Crippen LogP contribution in [0, 0.1) is 16.0 Å². The van der Waals surface area contributed by atoms with Crippen molar-refractivity contribution >= 4 is 5.97 Å². The van der Waals surface area contributed by atoms with Crippen LogP contribution in [0.5, 0.6) is 0 Å². The molecular formula is C7H11NO4.